The van der Waals surface area contributed by atoms with E-state index in [0.717, 1.165) is 42.0 Å². The summed E-state index contributed by atoms with van der Waals surface area (Å²) in [6, 6.07) is 12.1. The second kappa shape index (κ2) is 7.62. The Hall–Kier alpha value is -2.53. The minimum atomic E-state index is -0.00629. The van der Waals surface area contributed by atoms with Gasteiger partial charge in [-0.25, -0.2) is 0 Å². The summed E-state index contributed by atoms with van der Waals surface area (Å²) < 4.78 is 16.9. The molecular weight excluding hydrogens is 378 g/mol. The molecule has 1 fully saturated rings. The first-order valence-corrected chi connectivity index (χ1v) is 10.9. The van der Waals surface area contributed by atoms with Crippen LogP contribution in [-0.4, -0.2) is 37.7 Å². The summed E-state index contributed by atoms with van der Waals surface area (Å²) in [6.45, 7) is 4.62. The van der Waals surface area contributed by atoms with Crippen LogP contribution in [0, 0.1) is 0 Å². The number of hydrogen-bond donors (Lipinski definition) is 0. The molecule has 0 aromatic heterocycles. The highest BCUT2D eigenvalue weighted by molar-refractivity contribution is 5.95. The Morgan fingerprint density at radius 1 is 1.10 bits per heavy atom. The third kappa shape index (κ3) is 3.16. The van der Waals surface area contributed by atoms with E-state index in [1.54, 1.807) is 7.11 Å². The molecule has 1 spiro atoms. The van der Waals surface area contributed by atoms with Gasteiger partial charge < -0.3 is 19.1 Å². The van der Waals surface area contributed by atoms with E-state index < -0.39 is 0 Å². The molecule has 2 aliphatic heterocycles. The molecule has 1 amide bonds. The van der Waals surface area contributed by atoms with Crippen LogP contribution in [0.15, 0.2) is 36.4 Å². The van der Waals surface area contributed by atoms with Crippen LogP contribution in [0.1, 0.15) is 65.7 Å². The molecule has 2 heterocycles. The number of amides is 1. The molecule has 0 saturated heterocycles. The molecule has 158 valence electrons. The van der Waals surface area contributed by atoms with E-state index in [2.05, 4.69) is 24.0 Å². The lowest BCUT2D eigenvalue weighted by Crippen LogP contribution is -2.48. The van der Waals surface area contributed by atoms with Gasteiger partial charge in [0.1, 0.15) is 13.2 Å². The number of ether oxygens (including phenoxy) is 3. The van der Waals surface area contributed by atoms with Crippen LogP contribution in [0.3, 0.4) is 0 Å². The minimum absolute atomic E-state index is 0.00629. The monoisotopic (exact) mass is 407 g/mol. The number of rotatable bonds is 3. The van der Waals surface area contributed by atoms with Crippen LogP contribution in [0.2, 0.25) is 0 Å². The van der Waals surface area contributed by atoms with E-state index in [1.807, 2.05) is 24.3 Å². The molecule has 5 rings (SSSR count). The molecule has 1 unspecified atom stereocenters. The first-order chi connectivity index (χ1) is 14.6. The van der Waals surface area contributed by atoms with Gasteiger partial charge in [-0.15, -0.1) is 0 Å². The lowest BCUT2D eigenvalue weighted by molar-refractivity contribution is 0.0593. The van der Waals surface area contributed by atoms with Gasteiger partial charge in [0.05, 0.1) is 12.6 Å². The fraction of sp³-hybridized carbons (Fsp3) is 0.480. The van der Waals surface area contributed by atoms with Crippen molar-refractivity contribution in [2.45, 2.75) is 50.7 Å². The Labute approximate surface area is 177 Å². The average molecular weight is 408 g/mol. The highest BCUT2D eigenvalue weighted by Crippen LogP contribution is 2.52. The van der Waals surface area contributed by atoms with Gasteiger partial charge in [0.15, 0.2) is 11.5 Å². The number of carbonyl (C=O) groups excluding carboxylic acids is 1. The number of nitrogens with zero attached hydrogens (tertiary/aromatic N) is 1. The largest absolute Gasteiger partial charge is 0.486 e. The summed E-state index contributed by atoms with van der Waals surface area (Å²) >= 11 is 0. The maximum absolute atomic E-state index is 13.6. The van der Waals surface area contributed by atoms with E-state index in [9.17, 15) is 4.79 Å². The van der Waals surface area contributed by atoms with Gasteiger partial charge in [0.2, 0.25) is 0 Å². The summed E-state index contributed by atoms with van der Waals surface area (Å²) in [5.41, 5.74) is 4.38. The average Bonchev–Trinajstić information content (AvgIpc) is 3.25. The van der Waals surface area contributed by atoms with Crippen LogP contribution in [0.25, 0.3) is 0 Å². The summed E-state index contributed by atoms with van der Waals surface area (Å²) in [5, 5.41) is 0. The zero-order chi connectivity index (χ0) is 20.7. The van der Waals surface area contributed by atoms with Gasteiger partial charge in [-0.3, -0.25) is 4.79 Å². The molecule has 0 radical (unpaired) electrons. The van der Waals surface area contributed by atoms with Crippen LogP contribution in [-0.2, 0) is 16.8 Å². The molecule has 1 atom stereocenters. The van der Waals surface area contributed by atoms with Crippen molar-refractivity contribution in [3.8, 4) is 11.5 Å². The lowest BCUT2D eigenvalue weighted by atomic mass is 9.71. The summed E-state index contributed by atoms with van der Waals surface area (Å²) in [7, 11) is 1.68. The summed E-state index contributed by atoms with van der Waals surface area (Å²) in [4.78, 5) is 15.6. The maximum atomic E-state index is 13.6. The van der Waals surface area contributed by atoms with Crippen LogP contribution >= 0.6 is 0 Å². The topological polar surface area (TPSA) is 48.0 Å². The van der Waals surface area contributed by atoms with Crippen LogP contribution in [0.5, 0.6) is 11.5 Å². The molecule has 5 nitrogen and oxygen atoms in total. The van der Waals surface area contributed by atoms with Gasteiger partial charge in [-0.1, -0.05) is 25.0 Å². The first kappa shape index (κ1) is 19.4. The Kier molecular flexibility index (Phi) is 4.94. The highest BCUT2D eigenvalue weighted by Gasteiger charge is 2.46. The Morgan fingerprint density at radius 2 is 1.77 bits per heavy atom. The van der Waals surface area contributed by atoms with Crippen LogP contribution < -0.4 is 9.47 Å². The maximum Gasteiger partial charge on any atom is 0.254 e. The van der Waals surface area contributed by atoms with Crippen molar-refractivity contribution in [3.63, 3.8) is 0 Å². The third-order valence-electron chi connectivity index (χ3n) is 7.01. The highest BCUT2D eigenvalue weighted by atomic mass is 16.6. The standard InChI is InChI=1S/C25H29NO4/c1-17-20-13-22-23(30-12-11-29-22)14-21(20)25(9-3-4-10-25)16-26(17)24(27)19-7-5-18(6-8-19)15-28-2/h5-8,13-14,17H,3-4,9-12,15-16H2,1-2H3. The van der Waals surface area contributed by atoms with Crippen molar-refractivity contribution in [2.24, 2.45) is 0 Å². The van der Waals surface area contributed by atoms with Gasteiger partial charge in [-0.05, 0) is 60.7 Å². The summed E-state index contributed by atoms with van der Waals surface area (Å²) in [5.74, 6) is 1.75. The quantitative estimate of drug-likeness (QED) is 0.744. The Bertz CT molecular complexity index is 946. The molecular formula is C25H29NO4. The van der Waals surface area contributed by atoms with Crippen molar-refractivity contribution in [3.05, 3.63) is 58.7 Å². The molecule has 5 heteroatoms. The second-order valence-corrected chi connectivity index (χ2v) is 8.81. The van der Waals surface area contributed by atoms with Crippen molar-refractivity contribution >= 4 is 5.91 Å². The SMILES string of the molecule is COCc1ccc(C(=O)N2CC3(CCCC3)c3cc4c(cc3C2C)OCCO4)cc1. The molecule has 0 bridgehead atoms. The zero-order valence-corrected chi connectivity index (χ0v) is 17.8. The Morgan fingerprint density at radius 3 is 2.43 bits per heavy atom. The van der Waals surface area contributed by atoms with Gasteiger partial charge >= 0.3 is 0 Å². The fourth-order valence-electron chi connectivity index (χ4n) is 5.43. The summed E-state index contributed by atoms with van der Waals surface area (Å²) in [6.07, 6.45) is 4.64. The minimum Gasteiger partial charge on any atom is -0.486 e. The van der Waals surface area contributed by atoms with E-state index in [-0.39, 0.29) is 17.4 Å². The lowest BCUT2D eigenvalue weighted by Gasteiger charge is -2.46. The van der Waals surface area contributed by atoms with Crippen molar-refractivity contribution in [1.82, 2.24) is 4.90 Å². The van der Waals surface area contributed by atoms with Gasteiger partial charge in [0.25, 0.3) is 5.91 Å². The molecule has 1 saturated carbocycles. The normalized spacial score (nSPS) is 21.5. The number of carbonyl (C=O) groups is 1. The second-order valence-electron chi connectivity index (χ2n) is 8.81. The van der Waals surface area contributed by atoms with E-state index in [1.165, 1.54) is 24.0 Å². The predicted octanol–water partition coefficient (Wildman–Crippen LogP) is 4.63. The zero-order valence-electron chi connectivity index (χ0n) is 17.8. The predicted molar refractivity (Wildman–Crippen MR) is 114 cm³/mol. The number of methoxy groups -OCH3 is 1. The molecule has 3 aliphatic rings. The third-order valence-corrected chi connectivity index (χ3v) is 7.01. The van der Waals surface area contributed by atoms with Crippen molar-refractivity contribution < 1.29 is 19.0 Å². The van der Waals surface area contributed by atoms with Crippen molar-refractivity contribution in [1.29, 1.82) is 0 Å². The van der Waals surface area contributed by atoms with E-state index >= 15 is 0 Å². The molecule has 2 aromatic rings. The molecule has 30 heavy (non-hydrogen) atoms. The molecule has 0 N–H and O–H groups in total. The number of fused-ring (bicyclic) bond motifs is 3. The number of benzene rings is 2. The number of hydrogen-bond acceptors (Lipinski definition) is 4. The smallest absolute Gasteiger partial charge is 0.254 e. The Balaban J connectivity index is 1.53. The first-order valence-electron chi connectivity index (χ1n) is 10.9. The van der Waals surface area contributed by atoms with Gasteiger partial charge in [-0.2, -0.15) is 0 Å². The molecule has 1 aliphatic carbocycles. The van der Waals surface area contributed by atoms with Gasteiger partial charge in [0, 0.05) is 24.6 Å². The fourth-order valence-corrected chi connectivity index (χ4v) is 5.43. The van der Waals surface area contributed by atoms with E-state index in [0.29, 0.717) is 19.8 Å². The van der Waals surface area contributed by atoms with Crippen molar-refractivity contribution in [2.75, 3.05) is 26.9 Å². The molecule has 2 aromatic carbocycles. The van der Waals surface area contributed by atoms with Crippen LogP contribution in [0.4, 0.5) is 0 Å². The van der Waals surface area contributed by atoms with E-state index in [4.69, 9.17) is 14.2 Å².